The maximum atomic E-state index is 2.70. The summed E-state index contributed by atoms with van der Waals surface area (Å²) in [5.41, 5.74) is 26.9. The van der Waals surface area contributed by atoms with Crippen LogP contribution in [0, 0.1) is 6.92 Å². The van der Waals surface area contributed by atoms with E-state index in [-0.39, 0.29) is 39.2 Å². The van der Waals surface area contributed by atoms with Crippen LogP contribution in [0.5, 0.6) is 0 Å². The minimum Gasteiger partial charge on any atom is -0.311 e. The highest BCUT2D eigenvalue weighted by molar-refractivity contribution is 7.00. The summed E-state index contributed by atoms with van der Waals surface area (Å²) in [5, 5.41) is 0. The molecular weight excluding hydrogens is 844 g/mol. The van der Waals surface area contributed by atoms with Crippen LogP contribution < -0.4 is 26.2 Å². The number of rotatable bonds is 4. The summed E-state index contributed by atoms with van der Waals surface area (Å²) < 4.78 is 0. The second-order valence-corrected chi connectivity index (χ2v) is 26.5. The molecule has 2 aliphatic heterocycles. The minimum absolute atomic E-state index is 0.0370. The highest BCUT2D eigenvalue weighted by Gasteiger charge is 2.48. The Bertz CT molecular complexity index is 3260. The van der Waals surface area contributed by atoms with Crippen LogP contribution in [0.2, 0.25) is 0 Å². The predicted molar refractivity (Wildman–Crippen MR) is 304 cm³/mol. The highest BCUT2D eigenvalue weighted by atomic mass is 15.2. The van der Waals surface area contributed by atoms with Crippen LogP contribution in [-0.4, -0.2) is 6.71 Å². The van der Waals surface area contributed by atoms with E-state index in [4.69, 9.17) is 0 Å². The summed E-state index contributed by atoms with van der Waals surface area (Å²) in [6, 6.07) is 52.8. The third kappa shape index (κ3) is 7.42. The highest BCUT2D eigenvalue weighted by Crippen LogP contribution is 2.54. The fourth-order valence-electron chi connectivity index (χ4n) is 12.8. The van der Waals surface area contributed by atoms with Crippen molar-refractivity contribution in [2.24, 2.45) is 0 Å². The average molecular weight is 919 g/mol. The molecule has 2 aliphatic carbocycles. The molecule has 7 aromatic carbocycles. The Morgan fingerprint density at radius 2 is 0.929 bits per heavy atom. The van der Waals surface area contributed by atoms with Crippen LogP contribution in [0.25, 0.3) is 22.3 Å². The molecule has 70 heavy (non-hydrogen) atoms. The maximum Gasteiger partial charge on any atom is 0.252 e. The van der Waals surface area contributed by atoms with E-state index < -0.39 is 0 Å². The van der Waals surface area contributed by atoms with Crippen LogP contribution in [0.1, 0.15) is 162 Å². The number of fused-ring (bicyclic) bond motifs is 6. The summed E-state index contributed by atoms with van der Waals surface area (Å²) >= 11 is 0. The Morgan fingerprint density at radius 1 is 0.400 bits per heavy atom. The van der Waals surface area contributed by atoms with Crippen molar-refractivity contribution in [3.8, 4) is 22.3 Å². The van der Waals surface area contributed by atoms with E-state index in [9.17, 15) is 0 Å². The fourth-order valence-corrected chi connectivity index (χ4v) is 12.8. The summed E-state index contributed by atoms with van der Waals surface area (Å²) in [7, 11) is 0. The van der Waals surface area contributed by atoms with Gasteiger partial charge in [-0.25, -0.2) is 0 Å². The van der Waals surface area contributed by atoms with Crippen molar-refractivity contribution in [1.29, 1.82) is 0 Å². The van der Waals surface area contributed by atoms with Gasteiger partial charge in [-0.05, 0) is 192 Å². The summed E-state index contributed by atoms with van der Waals surface area (Å²) in [6.07, 6.45) is 4.73. The van der Waals surface area contributed by atoms with Gasteiger partial charge in [-0.2, -0.15) is 0 Å². The second-order valence-electron chi connectivity index (χ2n) is 26.5. The number of benzene rings is 7. The molecule has 4 aliphatic rings. The molecule has 2 heterocycles. The predicted octanol–water partition coefficient (Wildman–Crippen LogP) is 16.7. The van der Waals surface area contributed by atoms with Gasteiger partial charge in [-0.1, -0.05) is 176 Å². The molecule has 7 aromatic rings. The Labute approximate surface area is 421 Å². The lowest BCUT2D eigenvalue weighted by atomic mass is 9.33. The van der Waals surface area contributed by atoms with Gasteiger partial charge < -0.3 is 9.80 Å². The van der Waals surface area contributed by atoms with Gasteiger partial charge in [0.25, 0.3) is 6.71 Å². The zero-order valence-electron chi connectivity index (χ0n) is 45.0. The average Bonchev–Trinajstić information content (AvgIpc) is 3.31. The molecule has 0 radical (unpaired) electrons. The topological polar surface area (TPSA) is 6.48 Å². The summed E-state index contributed by atoms with van der Waals surface area (Å²) in [5.74, 6) is 0. The molecule has 0 amide bonds. The van der Waals surface area contributed by atoms with Gasteiger partial charge in [0.2, 0.25) is 0 Å². The van der Waals surface area contributed by atoms with Gasteiger partial charge in [-0.3, -0.25) is 0 Å². The molecule has 0 saturated carbocycles. The van der Waals surface area contributed by atoms with Gasteiger partial charge >= 0.3 is 0 Å². The van der Waals surface area contributed by atoms with Crippen LogP contribution in [-0.2, 0) is 32.5 Å². The lowest BCUT2D eigenvalue weighted by Crippen LogP contribution is -2.62. The van der Waals surface area contributed by atoms with Crippen LogP contribution in [0.3, 0.4) is 0 Å². The number of anilines is 6. The molecule has 0 fully saturated rings. The van der Waals surface area contributed by atoms with Crippen molar-refractivity contribution in [3.63, 3.8) is 0 Å². The number of hydrogen-bond donors (Lipinski definition) is 0. The first-order valence-electron chi connectivity index (χ1n) is 26.4. The fraction of sp³-hybridized carbons (Fsp3) is 0.373. The van der Waals surface area contributed by atoms with Crippen molar-refractivity contribution in [2.75, 3.05) is 9.80 Å². The number of nitrogens with zero attached hydrogens (tertiary/aromatic N) is 2. The molecular formula is C67H75BN2. The molecule has 11 rings (SSSR count). The molecule has 3 heteroatoms. The van der Waals surface area contributed by atoms with Gasteiger partial charge in [0.05, 0.1) is 5.69 Å². The maximum absolute atomic E-state index is 2.70. The van der Waals surface area contributed by atoms with E-state index in [1.165, 1.54) is 137 Å². The number of aryl methyl sites for hydroxylation is 1. The Morgan fingerprint density at radius 3 is 1.57 bits per heavy atom. The van der Waals surface area contributed by atoms with Gasteiger partial charge in [0.1, 0.15) is 0 Å². The van der Waals surface area contributed by atoms with Crippen molar-refractivity contribution in [1.82, 2.24) is 0 Å². The molecule has 0 unspecified atom stereocenters. The van der Waals surface area contributed by atoms with E-state index >= 15 is 0 Å². The second kappa shape index (κ2) is 15.6. The van der Waals surface area contributed by atoms with Crippen molar-refractivity contribution < 1.29 is 0 Å². The minimum atomic E-state index is -0.0492. The van der Waals surface area contributed by atoms with Crippen molar-refractivity contribution in [2.45, 2.75) is 162 Å². The van der Waals surface area contributed by atoms with E-state index in [2.05, 4.69) is 247 Å². The molecule has 356 valence electrons. The zero-order chi connectivity index (χ0) is 49.7. The zero-order valence-corrected chi connectivity index (χ0v) is 45.0. The van der Waals surface area contributed by atoms with E-state index in [0.29, 0.717) is 0 Å². The van der Waals surface area contributed by atoms with Crippen LogP contribution in [0.4, 0.5) is 34.1 Å². The standard InChI is InChI=1S/C67H75BN2/c1-42-34-59-61-60(35-42)70(56-29-25-46(62(2,3)4)37-49(56)45-23-19-22-44(36-45)43-20-17-16-18-21-43)57-38-47(63(5,6)7)24-28-54(57)68(61)55-40-52-53(67(14,15)33-32-66(52,12)13)41-58(55)69(59)48-26-27-50-51(39-48)65(10,11)31-30-64(50,8)9/h16-29,34-41H,30-33H2,1-15H3. The Kier molecular flexibility index (Phi) is 10.4. The quantitative estimate of drug-likeness (QED) is 0.162. The smallest absolute Gasteiger partial charge is 0.252 e. The van der Waals surface area contributed by atoms with Gasteiger partial charge in [0.15, 0.2) is 0 Å². The first kappa shape index (κ1) is 46.6. The normalized spacial score (nSPS) is 18.1. The van der Waals surface area contributed by atoms with Gasteiger partial charge in [-0.15, -0.1) is 0 Å². The molecule has 2 nitrogen and oxygen atoms in total. The molecule has 0 spiro atoms. The van der Waals surface area contributed by atoms with Crippen molar-refractivity contribution >= 4 is 57.2 Å². The Hall–Kier alpha value is -5.80. The van der Waals surface area contributed by atoms with E-state index in [1.807, 2.05) is 0 Å². The molecule has 0 saturated heterocycles. The number of hydrogen-bond acceptors (Lipinski definition) is 2. The largest absolute Gasteiger partial charge is 0.311 e. The molecule has 0 aromatic heterocycles. The molecule has 0 N–H and O–H groups in total. The van der Waals surface area contributed by atoms with Crippen LogP contribution >= 0.6 is 0 Å². The van der Waals surface area contributed by atoms with E-state index in [0.717, 1.165) is 0 Å². The molecule has 0 atom stereocenters. The van der Waals surface area contributed by atoms with E-state index in [1.54, 1.807) is 0 Å². The van der Waals surface area contributed by atoms with Crippen LogP contribution in [0.15, 0.2) is 133 Å². The monoisotopic (exact) mass is 919 g/mol. The SMILES string of the molecule is Cc1cc2c3c(c1)N(c1ccc(C(C)(C)C)cc1-c1cccc(-c4ccccc4)c1)c1cc(C(C)(C)C)ccc1B3c1cc3c(cc1N2c1ccc2c(c1)C(C)(C)CCC2(C)C)C(C)(C)CCC3(C)C. The lowest BCUT2D eigenvalue weighted by molar-refractivity contribution is 0.332. The summed E-state index contributed by atoms with van der Waals surface area (Å²) in [6.45, 7) is 36.3. The van der Waals surface area contributed by atoms with Crippen molar-refractivity contribution in [3.05, 3.63) is 172 Å². The third-order valence-corrected chi connectivity index (χ3v) is 17.5. The Balaban J connectivity index is 1.25. The first-order chi connectivity index (χ1) is 32.8. The summed E-state index contributed by atoms with van der Waals surface area (Å²) in [4.78, 5) is 5.38. The first-order valence-corrected chi connectivity index (χ1v) is 26.4. The van der Waals surface area contributed by atoms with Gasteiger partial charge in [0, 0.05) is 34.0 Å². The lowest BCUT2D eigenvalue weighted by Gasteiger charge is -2.48. The third-order valence-electron chi connectivity index (χ3n) is 17.5. The molecule has 0 bridgehead atoms.